The third kappa shape index (κ3) is 3.83. The molecule has 1 heterocycles. The van der Waals surface area contributed by atoms with E-state index in [9.17, 15) is 0 Å². The molecule has 5 heteroatoms. The molecule has 1 aromatic rings. The highest BCUT2D eigenvalue weighted by molar-refractivity contribution is 9.10. The van der Waals surface area contributed by atoms with Crippen LogP contribution in [0.2, 0.25) is 0 Å². The first kappa shape index (κ1) is 18.1. The predicted molar refractivity (Wildman–Crippen MR) is 99.2 cm³/mol. The van der Waals surface area contributed by atoms with Gasteiger partial charge in [-0.25, -0.2) is 0 Å². The Morgan fingerprint density at radius 2 is 2.13 bits per heavy atom. The fraction of sp³-hybridized carbons (Fsp3) is 0.556. The monoisotopic (exact) mass is 382 g/mol. The van der Waals surface area contributed by atoms with Crippen LogP contribution in [0.1, 0.15) is 25.3 Å². The Morgan fingerprint density at radius 1 is 1.39 bits per heavy atom. The third-order valence-electron chi connectivity index (χ3n) is 4.63. The van der Waals surface area contributed by atoms with Crippen molar-refractivity contribution in [3.63, 3.8) is 0 Å². The smallest absolute Gasteiger partial charge is 0.146 e. The quantitative estimate of drug-likeness (QED) is 0.714. The highest BCUT2D eigenvalue weighted by Crippen LogP contribution is 2.40. The average Bonchev–Trinajstić information content (AvgIpc) is 3.00. The van der Waals surface area contributed by atoms with E-state index in [0.717, 1.165) is 40.3 Å². The molecule has 1 aliphatic heterocycles. The molecule has 0 N–H and O–H groups in total. The summed E-state index contributed by atoms with van der Waals surface area (Å²) >= 11 is 3.55. The molecular formula is C18H27BrN2O2. The SMILES string of the molecule is C=C(c1c(OC)ccc(Br)c1OC)N(C)CC1CCCN1CC. The Bertz CT molecular complexity index is 562. The molecule has 1 aliphatic rings. The molecule has 4 nitrogen and oxygen atoms in total. The van der Waals surface area contributed by atoms with E-state index in [0.29, 0.717) is 6.04 Å². The molecule has 128 valence electrons. The average molecular weight is 383 g/mol. The highest BCUT2D eigenvalue weighted by atomic mass is 79.9. The minimum Gasteiger partial charge on any atom is -0.496 e. The van der Waals surface area contributed by atoms with Gasteiger partial charge in [-0.05, 0) is 54.0 Å². The summed E-state index contributed by atoms with van der Waals surface area (Å²) in [6.45, 7) is 9.80. The van der Waals surface area contributed by atoms with Crippen LogP contribution in [0, 0.1) is 0 Å². The maximum Gasteiger partial charge on any atom is 0.146 e. The number of nitrogens with zero attached hydrogens (tertiary/aromatic N) is 2. The number of likely N-dealkylation sites (tertiary alicyclic amines) is 1. The lowest BCUT2D eigenvalue weighted by atomic mass is 10.1. The fourth-order valence-electron chi connectivity index (χ4n) is 3.32. The molecule has 2 rings (SSSR count). The van der Waals surface area contributed by atoms with Gasteiger partial charge in [-0.1, -0.05) is 13.5 Å². The predicted octanol–water partition coefficient (Wildman–Crippen LogP) is 3.85. The van der Waals surface area contributed by atoms with Gasteiger partial charge in [-0.3, -0.25) is 4.90 Å². The van der Waals surface area contributed by atoms with Crippen LogP contribution in [-0.4, -0.2) is 56.7 Å². The van der Waals surface area contributed by atoms with Crippen molar-refractivity contribution in [1.82, 2.24) is 9.80 Å². The lowest BCUT2D eigenvalue weighted by Gasteiger charge is -2.31. The largest absolute Gasteiger partial charge is 0.496 e. The van der Waals surface area contributed by atoms with Gasteiger partial charge in [0.05, 0.1) is 24.3 Å². The first-order valence-electron chi connectivity index (χ1n) is 8.08. The van der Waals surface area contributed by atoms with Crippen molar-refractivity contribution in [1.29, 1.82) is 0 Å². The van der Waals surface area contributed by atoms with Crippen LogP contribution in [0.4, 0.5) is 0 Å². The van der Waals surface area contributed by atoms with E-state index in [-0.39, 0.29) is 0 Å². The van der Waals surface area contributed by atoms with Crippen molar-refractivity contribution < 1.29 is 9.47 Å². The number of benzene rings is 1. The van der Waals surface area contributed by atoms with Gasteiger partial charge in [0, 0.05) is 25.3 Å². The number of rotatable bonds is 7. The van der Waals surface area contributed by atoms with Crippen LogP contribution >= 0.6 is 15.9 Å². The molecule has 0 radical (unpaired) electrons. The highest BCUT2D eigenvalue weighted by Gasteiger charge is 2.26. The Morgan fingerprint density at radius 3 is 2.74 bits per heavy atom. The summed E-state index contributed by atoms with van der Waals surface area (Å²) < 4.78 is 12.0. The second-order valence-electron chi connectivity index (χ2n) is 5.91. The Balaban J connectivity index is 2.24. The summed E-state index contributed by atoms with van der Waals surface area (Å²) in [5.74, 6) is 1.54. The lowest BCUT2D eigenvalue weighted by Crippen LogP contribution is -2.38. The second kappa shape index (κ2) is 8.06. The van der Waals surface area contributed by atoms with Gasteiger partial charge in [0.25, 0.3) is 0 Å². The normalized spacial score (nSPS) is 18.0. The zero-order valence-electron chi connectivity index (χ0n) is 14.6. The van der Waals surface area contributed by atoms with Crippen molar-refractivity contribution >= 4 is 21.6 Å². The van der Waals surface area contributed by atoms with Gasteiger partial charge in [0.1, 0.15) is 11.5 Å². The van der Waals surface area contributed by atoms with E-state index in [1.54, 1.807) is 14.2 Å². The molecule has 0 spiro atoms. The molecule has 0 bridgehead atoms. The maximum absolute atomic E-state index is 5.58. The van der Waals surface area contributed by atoms with Crippen molar-refractivity contribution in [2.45, 2.75) is 25.8 Å². The number of halogens is 1. The zero-order chi connectivity index (χ0) is 17.0. The van der Waals surface area contributed by atoms with E-state index < -0.39 is 0 Å². The van der Waals surface area contributed by atoms with Crippen molar-refractivity contribution in [2.75, 3.05) is 40.9 Å². The summed E-state index contributed by atoms with van der Waals surface area (Å²) in [6, 6.07) is 4.46. The van der Waals surface area contributed by atoms with Crippen LogP contribution in [0.15, 0.2) is 23.2 Å². The minimum absolute atomic E-state index is 0.589. The summed E-state index contributed by atoms with van der Waals surface area (Å²) in [5.41, 5.74) is 1.83. The summed E-state index contributed by atoms with van der Waals surface area (Å²) in [7, 11) is 5.44. The van der Waals surface area contributed by atoms with E-state index in [1.807, 2.05) is 12.1 Å². The van der Waals surface area contributed by atoms with Gasteiger partial charge >= 0.3 is 0 Å². The van der Waals surface area contributed by atoms with Crippen molar-refractivity contribution in [2.24, 2.45) is 0 Å². The molecule has 0 amide bonds. The van der Waals surface area contributed by atoms with Gasteiger partial charge in [-0.2, -0.15) is 0 Å². The third-order valence-corrected chi connectivity index (χ3v) is 5.26. The van der Waals surface area contributed by atoms with Gasteiger partial charge < -0.3 is 14.4 Å². The first-order chi connectivity index (χ1) is 11.0. The van der Waals surface area contributed by atoms with Crippen LogP contribution in [0.3, 0.4) is 0 Å². The molecule has 23 heavy (non-hydrogen) atoms. The molecule has 0 aromatic heterocycles. The van der Waals surface area contributed by atoms with Crippen molar-refractivity contribution in [3.05, 3.63) is 28.7 Å². The molecule has 1 saturated heterocycles. The van der Waals surface area contributed by atoms with Crippen LogP contribution in [0.25, 0.3) is 5.70 Å². The molecular weight excluding hydrogens is 356 g/mol. The van der Waals surface area contributed by atoms with Gasteiger partial charge in [0.2, 0.25) is 0 Å². The van der Waals surface area contributed by atoms with E-state index >= 15 is 0 Å². The topological polar surface area (TPSA) is 24.9 Å². The first-order valence-corrected chi connectivity index (χ1v) is 8.87. The summed E-state index contributed by atoms with van der Waals surface area (Å²) in [6.07, 6.45) is 2.53. The zero-order valence-corrected chi connectivity index (χ0v) is 16.1. The van der Waals surface area contributed by atoms with Gasteiger partial charge in [-0.15, -0.1) is 0 Å². The van der Waals surface area contributed by atoms with Crippen LogP contribution in [-0.2, 0) is 0 Å². The van der Waals surface area contributed by atoms with Crippen LogP contribution < -0.4 is 9.47 Å². The standard InChI is InChI=1S/C18H27BrN2O2/c1-6-21-11-7-8-14(21)12-20(3)13(2)17-16(22-4)10-9-15(19)18(17)23-5/h9-10,14H,2,6-8,11-12H2,1,3-5H3. The number of hydrogen-bond acceptors (Lipinski definition) is 4. The van der Waals surface area contributed by atoms with E-state index in [4.69, 9.17) is 9.47 Å². The Labute approximate surface area is 148 Å². The summed E-state index contributed by atoms with van der Waals surface area (Å²) in [5, 5.41) is 0. The van der Waals surface area contributed by atoms with Crippen LogP contribution in [0.5, 0.6) is 11.5 Å². The number of methoxy groups -OCH3 is 2. The number of hydrogen-bond donors (Lipinski definition) is 0. The molecule has 1 fully saturated rings. The van der Waals surface area contributed by atoms with Gasteiger partial charge in [0.15, 0.2) is 0 Å². The van der Waals surface area contributed by atoms with E-state index in [2.05, 4.69) is 46.3 Å². The maximum atomic E-state index is 5.58. The molecule has 1 atom stereocenters. The number of ether oxygens (including phenoxy) is 2. The van der Waals surface area contributed by atoms with E-state index in [1.165, 1.54) is 19.4 Å². The molecule has 0 aliphatic carbocycles. The molecule has 1 unspecified atom stereocenters. The molecule has 1 aromatic carbocycles. The number of likely N-dealkylation sites (N-methyl/N-ethyl adjacent to an activating group) is 2. The Kier molecular flexibility index (Phi) is 6.36. The lowest BCUT2D eigenvalue weighted by molar-refractivity contribution is 0.230. The fourth-order valence-corrected chi connectivity index (χ4v) is 3.81. The second-order valence-corrected chi connectivity index (χ2v) is 6.76. The van der Waals surface area contributed by atoms with Crippen molar-refractivity contribution in [3.8, 4) is 11.5 Å². The molecule has 0 saturated carbocycles. The summed E-state index contributed by atoms with van der Waals surface area (Å²) in [4.78, 5) is 4.75. The minimum atomic E-state index is 0.589. The Hall–Kier alpha value is -1.20.